The Morgan fingerprint density at radius 3 is 2.63 bits per heavy atom. The Balaban J connectivity index is 1.78. The number of aryl methyl sites for hydroxylation is 2. The monoisotopic (exact) mass is 386 g/mol. The molecular weight excluding hydrogens is 364 g/mol. The van der Waals surface area contributed by atoms with Crippen LogP contribution in [0.5, 0.6) is 0 Å². The highest BCUT2D eigenvalue weighted by atomic mass is 32.1. The van der Waals surface area contributed by atoms with E-state index in [1.807, 2.05) is 13.8 Å². The van der Waals surface area contributed by atoms with Gasteiger partial charge < -0.3 is 10.1 Å². The van der Waals surface area contributed by atoms with Crippen LogP contribution in [0, 0.1) is 6.92 Å². The van der Waals surface area contributed by atoms with Crippen LogP contribution in [0.15, 0.2) is 30.3 Å². The van der Waals surface area contributed by atoms with Gasteiger partial charge in [-0.2, -0.15) is 0 Å². The molecule has 0 unspecified atom stereocenters. The van der Waals surface area contributed by atoms with Crippen LogP contribution in [0.2, 0.25) is 0 Å². The first-order valence-electron chi connectivity index (χ1n) is 8.75. The SMILES string of the molecule is CCc1sc(C(=O)OCC(=O)N2c3ccccc3NC(=O)C2(C)C)cc1C. The van der Waals surface area contributed by atoms with Crippen molar-refractivity contribution in [2.75, 3.05) is 16.8 Å². The molecule has 0 bridgehead atoms. The van der Waals surface area contributed by atoms with E-state index in [1.54, 1.807) is 44.2 Å². The van der Waals surface area contributed by atoms with Crippen molar-refractivity contribution in [1.82, 2.24) is 0 Å². The number of hydrogen-bond acceptors (Lipinski definition) is 5. The molecule has 1 aromatic carbocycles. The zero-order valence-corrected chi connectivity index (χ0v) is 16.6. The fourth-order valence-electron chi connectivity index (χ4n) is 3.13. The predicted octanol–water partition coefficient (Wildman–Crippen LogP) is 3.54. The van der Waals surface area contributed by atoms with Crippen LogP contribution in [0.25, 0.3) is 0 Å². The molecule has 3 rings (SSSR count). The van der Waals surface area contributed by atoms with E-state index in [4.69, 9.17) is 4.74 Å². The van der Waals surface area contributed by atoms with Gasteiger partial charge in [0, 0.05) is 4.88 Å². The predicted molar refractivity (Wildman–Crippen MR) is 105 cm³/mol. The molecule has 6 nitrogen and oxygen atoms in total. The number of anilines is 2. The zero-order valence-electron chi connectivity index (χ0n) is 15.8. The standard InChI is InChI=1S/C20H22N2O4S/c1-5-15-12(2)10-16(27-15)18(24)26-11-17(23)22-14-9-7-6-8-13(14)21-19(25)20(22,3)4/h6-10H,5,11H2,1-4H3,(H,21,25). The molecule has 0 spiro atoms. The lowest BCUT2D eigenvalue weighted by molar-refractivity contribution is -0.128. The number of nitrogens with one attached hydrogen (secondary N) is 1. The summed E-state index contributed by atoms with van der Waals surface area (Å²) in [5.74, 6) is -1.26. The second kappa shape index (κ2) is 7.15. The number of carbonyl (C=O) groups is 3. The first kappa shape index (κ1) is 19.1. The van der Waals surface area contributed by atoms with Gasteiger partial charge >= 0.3 is 5.97 Å². The Morgan fingerprint density at radius 2 is 1.96 bits per heavy atom. The molecule has 1 N–H and O–H groups in total. The molecule has 0 atom stereocenters. The summed E-state index contributed by atoms with van der Waals surface area (Å²) >= 11 is 1.38. The van der Waals surface area contributed by atoms with E-state index in [2.05, 4.69) is 5.32 Å². The highest BCUT2D eigenvalue weighted by Crippen LogP contribution is 2.36. The summed E-state index contributed by atoms with van der Waals surface area (Å²) in [5, 5.41) is 2.80. The van der Waals surface area contributed by atoms with Crippen LogP contribution in [0.4, 0.5) is 11.4 Å². The van der Waals surface area contributed by atoms with Crippen molar-refractivity contribution in [3.05, 3.63) is 45.6 Å². The molecule has 7 heteroatoms. The number of hydrogen-bond donors (Lipinski definition) is 1. The Bertz CT molecular complexity index is 916. The Hall–Kier alpha value is -2.67. The van der Waals surface area contributed by atoms with Crippen molar-refractivity contribution in [3.8, 4) is 0 Å². The van der Waals surface area contributed by atoms with Crippen LogP contribution in [0.1, 0.15) is 40.9 Å². The van der Waals surface area contributed by atoms with Gasteiger partial charge in [0.15, 0.2) is 6.61 Å². The summed E-state index contributed by atoms with van der Waals surface area (Å²) in [6.07, 6.45) is 0.844. The number of benzene rings is 1. The first-order valence-corrected chi connectivity index (χ1v) is 9.57. The third kappa shape index (κ3) is 3.47. The summed E-state index contributed by atoms with van der Waals surface area (Å²) in [6.45, 7) is 6.87. The lowest BCUT2D eigenvalue weighted by Crippen LogP contribution is -2.59. The molecule has 2 aromatic rings. The minimum Gasteiger partial charge on any atom is -0.451 e. The maximum absolute atomic E-state index is 12.9. The van der Waals surface area contributed by atoms with E-state index in [1.165, 1.54) is 16.2 Å². The number of fused-ring (bicyclic) bond motifs is 1. The van der Waals surface area contributed by atoms with Crippen molar-refractivity contribution in [3.63, 3.8) is 0 Å². The van der Waals surface area contributed by atoms with E-state index in [0.29, 0.717) is 16.3 Å². The number of rotatable bonds is 4. The second-order valence-electron chi connectivity index (χ2n) is 6.91. The maximum Gasteiger partial charge on any atom is 0.348 e. The van der Waals surface area contributed by atoms with Crippen molar-refractivity contribution >= 4 is 40.5 Å². The maximum atomic E-state index is 12.9. The molecule has 0 aliphatic carbocycles. The minimum absolute atomic E-state index is 0.289. The zero-order chi connectivity index (χ0) is 19.8. The van der Waals surface area contributed by atoms with Gasteiger partial charge in [0.2, 0.25) is 5.91 Å². The first-order chi connectivity index (χ1) is 12.8. The lowest BCUT2D eigenvalue weighted by atomic mass is 9.96. The largest absolute Gasteiger partial charge is 0.451 e. The number of carbonyl (C=O) groups excluding carboxylic acids is 3. The summed E-state index contributed by atoms with van der Waals surface area (Å²) in [5.41, 5.74) is 1.10. The fourth-order valence-corrected chi connectivity index (χ4v) is 4.14. The van der Waals surface area contributed by atoms with Crippen molar-refractivity contribution in [2.24, 2.45) is 0 Å². The molecule has 0 saturated heterocycles. The molecule has 0 fully saturated rings. The molecule has 1 aliphatic rings. The smallest absolute Gasteiger partial charge is 0.348 e. The van der Waals surface area contributed by atoms with Crippen LogP contribution in [-0.4, -0.2) is 29.9 Å². The van der Waals surface area contributed by atoms with Gasteiger partial charge in [0.05, 0.1) is 11.4 Å². The van der Waals surface area contributed by atoms with E-state index >= 15 is 0 Å². The molecule has 2 heterocycles. The Morgan fingerprint density at radius 1 is 1.26 bits per heavy atom. The van der Waals surface area contributed by atoms with Gasteiger partial charge in [0.25, 0.3) is 5.91 Å². The number of amides is 2. The van der Waals surface area contributed by atoms with Gasteiger partial charge in [-0.25, -0.2) is 4.79 Å². The van der Waals surface area contributed by atoms with Crippen molar-refractivity contribution in [1.29, 1.82) is 0 Å². The number of thiophene rings is 1. The van der Waals surface area contributed by atoms with Crippen LogP contribution >= 0.6 is 11.3 Å². The van der Waals surface area contributed by atoms with Crippen LogP contribution in [-0.2, 0) is 20.7 Å². The van der Waals surface area contributed by atoms with E-state index < -0.39 is 24.0 Å². The molecular formula is C20H22N2O4S. The van der Waals surface area contributed by atoms with Crippen LogP contribution < -0.4 is 10.2 Å². The average molecular weight is 386 g/mol. The average Bonchev–Trinajstić information content (AvgIpc) is 3.01. The second-order valence-corrected chi connectivity index (χ2v) is 8.04. The topological polar surface area (TPSA) is 75.7 Å². The number of para-hydroxylation sites is 2. The molecule has 0 radical (unpaired) electrons. The normalized spacial score (nSPS) is 15.1. The summed E-state index contributed by atoms with van der Waals surface area (Å²) < 4.78 is 5.25. The van der Waals surface area contributed by atoms with E-state index in [-0.39, 0.29) is 5.91 Å². The Kier molecular flexibility index (Phi) is 5.06. The van der Waals surface area contributed by atoms with Crippen molar-refractivity contribution in [2.45, 2.75) is 39.7 Å². The molecule has 27 heavy (non-hydrogen) atoms. The van der Waals surface area contributed by atoms with Gasteiger partial charge in [-0.15, -0.1) is 11.3 Å². The number of esters is 1. The molecule has 1 aliphatic heterocycles. The van der Waals surface area contributed by atoms with Crippen LogP contribution in [0.3, 0.4) is 0 Å². The summed E-state index contributed by atoms with van der Waals surface area (Å²) in [7, 11) is 0. The highest BCUT2D eigenvalue weighted by Gasteiger charge is 2.43. The fraction of sp³-hybridized carbons (Fsp3) is 0.350. The summed E-state index contributed by atoms with van der Waals surface area (Å²) in [4.78, 5) is 40.6. The highest BCUT2D eigenvalue weighted by molar-refractivity contribution is 7.14. The number of nitrogens with zero attached hydrogens (tertiary/aromatic N) is 1. The molecule has 2 amide bonds. The quantitative estimate of drug-likeness (QED) is 0.816. The third-order valence-corrected chi connectivity index (χ3v) is 5.99. The number of ether oxygens (including phenoxy) is 1. The van der Waals surface area contributed by atoms with Gasteiger partial charge in [0.1, 0.15) is 10.4 Å². The minimum atomic E-state index is -1.09. The Labute approximate surface area is 162 Å². The van der Waals surface area contributed by atoms with Gasteiger partial charge in [-0.05, 0) is 51.0 Å². The lowest BCUT2D eigenvalue weighted by Gasteiger charge is -2.41. The third-order valence-electron chi connectivity index (χ3n) is 4.63. The van der Waals surface area contributed by atoms with E-state index in [0.717, 1.165) is 16.9 Å². The molecule has 1 aromatic heterocycles. The van der Waals surface area contributed by atoms with Gasteiger partial charge in [-0.3, -0.25) is 14.5 Å². The molecule has 0 saturated carbocycles. The van der Waals surface area contributed by atoms with Gasteiger partial charge in [-0.1, -0.05) is 19.1 Å². The summed E-state index contributed by atoms with van der Waals surface area (Å²) in [6, 6.07) is 8.84. The molecule has 142 valence electrons. The van der Waals surface area contributed by atoms with Crippen molar-refractivity contribution < 1.29 is 19.1 Å². The van der Waals surface area contributed by atoms with E-state index in [9.17, 15) is 14.4 Å².